The third kappa shape index (κ3) is 2.11. The van der Waals surface area contributed by atoms with E-state index in [1.807, 2.05) is 19.1 Å². The summed E-state index contributed by atoms with van der Waals surface area (Å²) in [6, 6.07) is 6.99. The molecule has 0 fully saturated rings. The molecule has 6 nitrogen and oxygen atoms in total. The molecule has 0 unspecified atom stereocenters. The van der Waals surface area contributed by atoms with E-state index < -0.39 is 0 Å². The van der Waals surface area contributed by atoms with Gasteiger partial charge in [-0.2, -0.15) is 4.98 Å². The highest BCUT2D eigenvalue weighted by Crippen LogP contribution is 2.27. The monoisotopic (exact) mass is 268 g/mol. The third-order valence-corrected chi connectivity index (χ3v) is 2.90. The Labute approximate surface area is 115 Å². The molecule has 0 atom stereocenters. The molecule has 100 valence electrons. The predicted octanol–water partition coefficient (Wildman–Crippen LogP) is 2.46. The molecule has 3 rings (SSSR count). The maximum absolute atomic E-state index is 9.74. The standard InChI is InChI=1S/C14H12N4O2/c1-2-9-5-3-7-15-11(9)13-17-14(20-18-13)12-10(19)6-4-8-16-12/h3-8,19H,2H2,1H3. The van der Waals surface area contributed by atoms with Crippen LogP contribution in [0.1, 0.15) is 12.5 Å². The van der Waals surface area contributed by atoms with Crippen LogP contribution < -0.4 is 0 Å². The maximum atomic E-state index is 9.74. The van der Waals surface area contributed by atoms with E-state index in [0.717, 1.165) is 12.0 Å². The second kappa shape index (κ2) is 5.08. The van der Waals surface area contributed by atoms with Crippen molar-refractivity contribution < 1.29 is 9.63 Å². The number of pyridine rings is 2. The molecule has 0 spiro atoms. The lowest BCUT2D eigenvalue weighted by Gasteiger charge is -2.00. The molecule has 3 heterocycles. The van der Waals surface area contributed by atoms with Crippen LogP contribution in [-0.4, -0.2) is 25.2 Å². The lowest BCUT2D eigenvalue weighted by molar-refractivity contribution is 0.423. The van der Waals surface area contributed by atoms with Gasteiger partial charge in [0.15, 0.2) is 5.69 Å². The Morgan fingerprint density at radius 1 is 1.10 bits per heavy atom. The summed E-state index contributed by atoms with van der Waals surface area (Å²) in [7, 11) is 0. The van der Waals surface area contributed by atoms with Gasteiger partial charge in [-0.25, -0.2) is 4.98 Å². The van der Waals surface area contributed by atoms with E-state index in [4.69, 9.17) is 4.52 Å². The molecular formula is C14H12N4O2. The van der Waals surface area contributed by atoms with Gasteiger partial charge in [0.2, 0.25) is 5.82 Å². The Hall–Kier alpha value is -2.76. The molecule has 1 N–H and O–H groups in total. The first-order chi connectivity index (χ1) is 9.79. The minimum atomic E-state index is -0.000522. The predicted molar refractivity (Wildman–Crippen MR) is 71.8 cm³/mol. The Balaban J connectivity index is 2.05. The Bertz CT molecular complexity index is 739. The van der Waals surface area contributed by atoms with E-state index in [0.29, 0.717) is 11.5 Å². The van der Waals surface area contributed by atoms with Crippen LogP contribution in [0.2, 0.25) is 0 Å². The van der Waals surface area contributed by atoms with Crippen molar-refractivity contribution in [3.63, 3.8) is 0 Å². The van der Waals surface area contributed by atoms with E-state index in [-0.39, 0.29) is 17.3 Å². The molecule has 3 aromatic rings. The van der Waals surface area contributed by atoms with Crippen molar-refractivity contribution >= 4 is 0 Å². The van der Waals surface area contributed by atoms with Crippen LogP contribution in [0.15, 0.2) is 41.2 Å². The van der Waals surface area contributed by atoms with Gasteiger partial charge in [0, 0.05) is 12.4 Å². The van der Waals surface area contributed by atoms with Gasteiger partial charge in [0.25, 0.3) is 5.89 Å². The smallest absolute Gasteiger partial charge is 0.280 e. The average Bonchev–Trinajstić information content (AvgIpc) is 2.97. The zero-order valence-corrected chi connectivity index (χ0v) is 10.8. The first-order valence-electron chi connectivity index (χ1n) is 6.22. The maximum Gasteiger partial charge on any atom is 0.280 e. The lowest BCUT2D eigenvalue weighted by atomic mass is 10.1. The first kappa shape index (κ1) is 12.3. The lowest BCUT2D eigenvalue weighted by Crippen LogP contribution is -1.92. The second-order valence-electron chi connectivity index (χ2n) is 4.16. The summed E-state index contributed by atoms with van der Waals surface area (Å²) in [5, 5.41) is 13.7. The molecule has 0 amide bonds. The van der Waals surface area contributed by atoms with Gasteiger partial charge in [-0.15, -0.1) is 0 Å². The molecule has 0 bridgehead atoms. The third-order valence-electron chi connectivity index (χ3n) is 2.90. The van der Waals surface area contributed by atoms with Gasteiger partial charge >= 0.3 is 0 Å². The van der Waals surface area contributed by atoms with Crippen LogP contribution in [0, 0.1) is 0 Å². The molecule has 0 aliphatic rings. The summed E-state index contributed by atoms with van der Waals surface area (Å²) in [5.41, 5.74) is 1.98. The number of hydrogen-bond donors (Lipinski definition) is 1. The van der Waals surface area contributed by atoms with Gasteiger partial charge < -0.3 is 9.63 Å². The highest BCUT2D eigenvalue weighted by Gasteiger charge is 2.17. The van der Waals surface area contributed by atoms with E-state index in [1.54, 1.807) is 18.5 Å². The van der Waals surface area contributed by atoms with Crippen molar-refractivity contribution in [2.24, 2.45) is 0 Å². The average molecular weight is 268 g/mol. The Kier molecular flexibility index (Phi) is 3.12. The van der Waals surface area contributed by atoms with Crippen molar-refractivity contribution in [2.75, 3.05) is 0 Å². The topological polar surface area (TPSA) is 84.9 Å². The van der Waals surface area contributed by atoms with Crippen molar-refractivity contribution in [1.29, 1.82) is 0 Å². The van der Waals surface area contributed by atoms with E-state index in [2.05, 4.69) is 20.1 Å². The highest BCUT2D eigenvalue weighted by atomic mass is 16.5. The van der Waals surface area contributed by atoms with Gasteiger partial charge in [-0.3, -0.25) is 4.98 Å². The quantitative estimate of drug-likeness (QED) is 0.785. The van der Waals surface area contributed by atoms with Crippen LogP contribution in [0.4, 0.5) is 0 Å². The zero-order chi connectivity index (χ0) is 13.9. The number of aryl methyl sites for hydroxylation is 1. The van der Waals surface area contributed by atoms with E-state index in [1.165, 1.54) is 6.07 Å². The number of hydrogen-bond acceptors (Lipinski definition) is 6. The SMILES string of the molecule is CCc1cccnc1-c1noc(-c2ncccc2O)n1. The molecule has 3 aromatic heterocycles. The molecule has 6 heteroatoms. The fourth-order valence-electron chi connectivity index (χ4n) is 1.90. The van der Waals surface area contributed by atoms with E-state index in [9.17, 15) is 5.11 Å². The van der Waals surface area contributed by atoms with Crippen molar-refractivity contribution in [2.45, 2.75) is 13.3 Å². The van der Waals surface area contributed by atoms with Crippen LogP contribution >= 0.6 is 0 Å². The normalized spacial score (nSPS) is 10.7. The number of aromatic hydroxyl groups is 1. The van der Waals surface area contributed by atoms with Gasteiger partial charge in [0.1, 0.15) is 11.4 Å². The Morgan fingerprint density at radius 3 is 2.60 bits per heavy atom. The molecule has 0 aliphatic carbocycles. The largest absolute Gasteiger partial charge is 0.505 e. The highest BCUT2D eigenvalue weighted by molar-refractivity contribution is 5.60. The summed E-state index contributed by atoms with van der Waals surface area (Å²) in [6.45, 7) is 2.03. The number of nitrogens with zero attached hydrogens (tertiary/aromatic N) is 4. The fraction of sp³-hybridized carbons (Fsp3) is 0.143. The molecule has 20 heavy (non-hydrogen) atoms. The first-order valence-corrected chi connectivity index (χ1v) is 6.22. The molecule has 0 saturated carbocycles. The summed E-state index contributed by atoms with van der Waals surface area (Å²) in [6.07, 6.45) is 4.06. The van der Waals surface area contributed by atoms with Crippen molar-refractivity contribution in [3.05, 3.63) is 42.2 Å². The van der Waals surface area contributed by atoms with Crippen molar-refractivity contribution in [1.82, 2.24) is 20.1 Å². The molecule has 0 aromatic carbocycles. The fourth-order valence-corrected chi connectivity index (χ4v) is 1.90. The van der Waals surface area contributed by atoms with E-state index >= 15 is 0 Å². The van der Waals surface area contributed by atoms with Gasteiger partial charge in [-0.05, 0) is 30.2 Å². The number of rotatable bonds is 3. The minimum absolute atomic E-state index is 0.000522. The Morgan fingerprint density at radius 2 is 1.85 bits per heavy atom. The van der Waals surface area contributed by atoms with Crippen LogP contribution in [0.25, 0.3) is 23.1 Å². The van der Waals surface area contributed by atoms with Crippen LogP contribution in [0.5, 0.6) is 5.75 Å². The van der Waals surface area contributed by atoms with Crippen LogP contribution in [0.3, 0.4) is 0 Å². The summed E-state index contributed by atoms with van der Waals surface area (Å²) >= 11 is 0. The van der Waals surface area contributed by atoms with Gasteiger partial charge in [0.05, 0.1) is 0 Å². The summed E-state index contributed by atoms with van der Waals surface area (Å²) in [4.78, 5) is 12.6. The van der Waals surface area contributed by atoms with Crippen molar-refractivity contribution in [3.8, 4) is 28.9 Å². The molecule has 0 saturated heterocycles. The minimum Gasteiger partial charge on any atom is -0.505 e. The molecule has 0 aliphatic heterocycles. The summed E-state index contributed by atoms with van der Waals surface area (Å²) < 4.78 is 5.16. The second-order valence-corrected chi connectivity index (χ2v) is 4.16. The zero-order valence-electron chi connectivity index (χ0n) is 10.8. The molecule has 0 radical (unpaired) electrons. The van der Waals surface area contributed by atoms with Gasteiger partial charge in [-0.1, -0.05) is 18.1 Å². The summed E-state index contributed by atoms with van der Waals surface area (Å²) in [5.74, 6) is 0.563. The van der Waals surface area contributed by atoms with Crippen LogP contribution in [-0.2, 0) is 6.42 Å². The number of aromatic nitrogens is 4. The molecular weight excluding hydrogens is 256 g/mol.